The van der Waals surface area contributed by atoms with Crippen molar-refractivity contribution in [1.82, 2.24) is 5.32 Å². The van der Waals surface area contributed by atoms with Gasteiger partial charge < -0.3 is 20.1 Å². The molecule has 0 spiro atoms. The predicted octanol–water partition coefficient (Wildman–Crippen LogP) is 2.18. The highest BCUT2D eigenvalue weighted by atomic mass is 16.5. The highest BCUT2D eigenvalue weighted by Crippen LogP contribution is 2.16. The monoisotopic (exact) mass is 322 g/mol. The van der Waals surface area contributed by atoms with Crippen molar-refractivity contribution in [3.8, 4) is 0 Å². The first kappa shape index (κ1) is 18.5. The number of hydrogen-bond acceptors (Lipinski definition) is 5. The lowest BCUT2D eigenvalue weighted by Gasteiger charge is -2.22. The molecule has 0 fully saturated rings. The summed E-state index contributed by atoms with van der Waals surface area (Å²) >= 11 is 0. The molecule has 0 aliphatic carbocycles. The molecule has 0 heterocycles. The van der Waals surface area contributed by atoms with Crippen molar-refractivity contribution in [1.29, 1.82) is 0 Å². The summed E-state index contributed by atoms with van der Waals surface area (Å²) in [5, 5.41) is 5.13. The first-order valence-corrected chi connectivity index (χ1v) is 7.27. The van der Waals surface area contributed by atoms with Crippen molar-refractivity contribution in [2.45, 2.75) is 26.3 Å². The van der Waals surface area contributed by atoms with Crippen molar-refractivity contribution in [2.24, 2.45) is 5.92 Å². The smallest absolute Gasteiger partial charge is 0.339 e. The maximum Gasteiger partial charge on any atom is 0.339 e. The number of esters is 2. The van der Waals surface area contributed by atoms with Gasteiger partial charge in [-0.2, -0.15) is 0 Å². The van der Waals surface area contributed by atoms with Gasteiger partial charge in [0.2, 0.25) is 0 Å². The van der Waals surface area contributed by atoms with E-state index in [0.717, 1.165) is 0 Å². The molecule has 0 aliphatic heterocycles. The Morgan fingerprint density at radius 1 is 1.13 bits per heavy atom. The van der Waals surface area contributed by atoms with Crippen LogP contribution in [-0.4, -0.2) is 38.2 Å². The molecule has 1 rings (SSSR count). The maximum absolute atomic E-state index is 12.1. The zero-order chi connectivity index (χ0) is 17.4. The van der Waals surface area contributed by atoms with Crippen LogP contribution in [0.5, 0.6) is 0 Å². The first-order valence-electron chi connectivity index (χ1n) is 7.27. The zero-order valence-electron chi connectivity index (χ0n) is 13.7. The van der Waals surface area contributed by atoms with Gasteiger partial charge in [-0.1, -0.05) is 32.4 Å². The first-order chi connectivity index (χ1) is 10.9. The van der Waals surface area contributed by atoms with Crippen molar-refractivity contribution in [3.63, 3.8) is 0 Å². The van der Waals surface area contributed by atoms with E-state index < -0.39 is 24.0 Å². The van der Waals surface area contributed by atoms with Gasteiger partial charge in [0.25, 0.3) is 0 Å². The Morgan fingerprint density at radius 3 is 2.35 bits per heavy atom. The number of ether oxygens (including phenoxy) is 2. The maximum atomic E-state index is 12.1. The zero-order valence-corrected chi connectivity index (χ0v) is 13.7. The molecule has 7 nitrogen and oxygen atoms in total. The largest absolute Gasteiger partial charge is 0.467 e. The van der Waals surface area contributed by atoms with Crippen molar-refractivity contribution < 1.29 is 23.9 Å². The van der Waals surface area contributed by atoms with E-state index in [0.29, 0.717) is 12.1 Å². The lowest BCUT2D eigenvalue weighted by atomic mass is 9.99. The van der Waals surface area contributed by atoms with E-state index >= 15 is 0 Å². The third kappa shape index (κ3) is 4.98. The average molecular weight is 322 g/mol. The van der Waals surface area contributed by atoms with E-state index in [2.05, 4.69) is 15.4 Å². The normalized spacial score (nSPS) is 12.7. The number of benzene rings is 1. The van der Waals surface area contributed by atoms with Crippen LogP contribution in [0.2, 0.25) is 0 Å². The fourth-order valence-electron chi connectivity index (χ4n) is 1.98. The van der Waals surface area contributed by atoms with Gasteiger partial charge in [-0.15, -0.1) is 0 Å². The molecule has 1 aromatic rings. The number of para-hydroxylation sites is 1. The molecule has 23 heavy (non-hydrogen) atoms. The molecule has 2 amide bonds. The quantitative estimate of drug-likeness (QED) is 0.783. The van der Waals surface area contributed by atoms with Crippen LogP contribution in [-0.2, 0) is 14.3 Å². The molecule has 2 N–H and O–H groups in total. The number of methoxy groups -OCH3 is 2. The highest BCUT2D eigenvalue weighted by molar-refractivity contribution is 6.01. The summed E-state index contributed by atoms with van der Waals surface area (Å²) in [4.78, 5) is 35.6. The molecule has 0 bridgehead atoms. The van der Waals surface area contributed by atoms with Crippen LogP contribution in [0.15, 0.2) is 24.3 Å². The summed E-state index contributed by atoms with van der Waals surface area (Å²) in [6.45, 7) is 3.75. The summed E-state index contributed by atoms with van der Waals surface area (Å²) in [6.07, 6.45) is 0.693. The molecular weight excluding hydrogens is 300 g/mol. The third-order valence-electron chi connectivity index (χ3n) is 3.54. The van der Waals surface area contributed by atoms with Crippen LogP contribution in [0.25, 0.3) is 0 Å². The van der Waals surface area contributed by atoms with E-state index in [1.807, 2.05) is 13.8 Å². The van der Waals surface area contributed by atoms with Crippen LogP contribution in [0.3, 0.4) is 0 Å². The molecule has 1 aromatic carbocycles. The number of urea groups is 1. The van der Waals surface area contributed by atoms with E-state index in [4.69, 9.17) is 4.74 Å². The standard InChI is InChI=1S/C16H22N2O5/c1-5-10(2)13(15(20)23-4)18-16(21)17-12-9-7-6-8-11(12)14(19)22-3/h6-10,13H,5H2,1-4H3,(H2,17,18,21)/t10?,13-/m1/s1. The SMILES string of the molecule is CCC(C)[C@@H](NC(=O)Nc1ccccc1C(=O)OC)C(=O)OC. The van der Waals surface area contributed by atoms with Gasteiger partial charge >= 0.3 is 18.0 Å². The Morgan fingerprint density at radius 2 is 1.78 bits per heavy atom. The van der Waals surface area contributed by atoms with Gasteiger partial charge in [-0.25, -0.2) is 14.4 Å². The average Bonchev–Trinajstić information content (AvgIpc) is 2.58. The molecule has 2 atom stereocenters. The van der Waals surface area contributed by atoms with E-state index in [1.165, 1.54) is 20.3 Å². The Hall–Kier alpha value is -2.57. The Bertz CT molecular complexity index is 573. The fourth-order valence-corrected chi connectivity index (χ4v) is 1.98. The van der Waals surface area contributed by atoms with Crippen LogP contribution in [0.1, 0.15) is 30.6 Å². The summed E-state index contributed by atoms with van der Waals surface area (Å²) in [6, 6.07) is 5.07. The molecule has 0 radical (unpaired) electrons. The number of carbonyl (C=O) groups is 3. The number of amides is 2. The second-order valence-electron chi connectivity index (χ2n) is 5.02. The second-order valence-corrected chi connectivity index (χ2v) is 5.02. The van der Waals surface area contributed by atoms with E-state index in [-0.39, 0.29) is 11.5 Å². The number of carbonyl (C=O) groups excluding carboxylic acids is 3. The van der Waals surface area contributed by atoms with Crippen LogP contribution in [0.4, 0.5) is 10.5 Å². The minimum atomic E-state index is -0.768. The third-order valence-corrected chi connectivity index (χ3v) is 3.54. The highest BCUT2D eigenvalue weighted by Gasteiger charge is 2.27. The Labute approximate surface area is 135 Å². The topological polar surface area (TPSA) is 93.7 Å². The Balaban J connectivity index is 2.87. The van der Waals surface area contributed by atoms with Crippen LogP contribution in [0, 0.1) is 5.92 Å². The number of nitrogens with one attached hydrogen (secondary N) is 2. The molecule has 126 valence electrons. The summed E-state index contributed by atoms with van der Waals surface area (Å²) in [5.74, 6) is -1.17. The molecular formula is C16H22N2O5. The van der Waals surface area contributed by atoms with Gasteiger partial charge in [0.1, 0.15) is 6.04 Å². The minimum Gasteiger partial charge on any atom is -0.467 e. The summed E-state index contributed by atoms with van der Waals surface area (Å²) < 4.78 is 9.38. The fraction of sp³-hybridized carbons (Fsp3) is 0.438. The van der Waals surface area contributed by atoms with Crippen molar-refractivity contribution in [3.05, 3.63) is 29.8 Å². The number of hydrogen-bond donors (Lipinski definition) is 2. The molecule has 0 aromatic heterocycles. The lowest BCUT2D eigenvalue weighted by molar-refractivity contribution is -0.144. The molecule has 0 saturated heterocycles. The van der Waals surface area contributed by atoms with Gasteiger partial charge in [-0.3, -0.25) is 0 Å². The summed E-state index contributed by atoms with van der Waals surface area (Å²) in [7, 11) is 2.53. The molecule has 0 aliphatic rings. The minimum absolute atomic E-state index is 0.0935. The van der Waals surface area contributed by atoms with Crippen LogP contribution >= 0.6 is 0 Å². The van der Waals surface area contributed by atoms with Crippen molar-refractivity contribution in [2.75, 3.05) is 19.5 Å². The van der Waals surface area contributed by atoms with Crippen LogP contribution < -0.4 is 10.6 Å². The predicted molar refractivity (Wildman–Crippen MR) is 85.2 cm³/mol. The second kappa shape index (κ2) is 8.77. The molecule has 1 unspecified atom stereocenters. The summed E-state index contributed by atoms with van der Waals surface area (Å²) in [5.41, 5.74) is 0.521. The number of rotatable bonds is 6. The lowest BCUT2D eigenvalue weighted by Crippen LogP contribution is -2.47. The number of anilines is 1. The van der Waals surface area contributed by atoms with E-state index in [9.17, 15) is 14.4 Å². The molecule has 0 saturated carbocycles. The van der Waals surface area contributed by atoms with Gasteiger partial charge in [0.05, 0.1) is 25.5 Å². The van der Waals surface area contributed by atoms with Crippen molar-refractivity contribution >= 4 is 23.7 Å². The van der Waals surface area contributed by atoms with Gasteiger partial charge in [0, 0.05) is 0 Å². The van der Waals surface area contributed by atoms with E-state index in [1.54, 1.807) is 18.2 Å². The molecule has 7 heteroatoms. The Kier molecular flexibility index (Phi) is 7.05. The van der Waals surface area contributed by atoms with Gasteiger partial charge in [-0.05, 0) is 18.1 Å². The van der Waals surface area contributed by atoms with Gasteiger partial charge in [0.15, 0.2) is 0 Å².